The average molecular weight is 612 g/mol. The number of aliphatic hydroxyl groups is 1. The molecule has 5 rings (SSSR count). The van der Waals surface area contributed by atoms with Gasteiger partial charge in [0.1, 0.15) is 23.5 Å². The number of pyridine rings is 1. The van der Waals surface area contributed by atoms with Gasteiger partial charge in [0.05, 0.1) is 41.2 Å². The van der Waals surface area contributed by atoms with Gasteiger partial charge in [0.15, 0.2) is 0 Å². The van der Waals surface area contributed by atoms with Crippen molar-refractivity contribution in [1.29, 1.82) is 0 Å². The lowest BCUT2D eigenvalue weighted by atomic mass is 10.1. The highest BCUT2D eigenvalue weighted by Crippen LogP contribution is 2.31. The molecule has 1 aromatic heterocycles. The lowest BCUT2D eigenvalue weighted by molar-refractivity contribution is 0.0665. The Kier molecular flexibility index (Phi) is 10.1. The van der Waals surface area contributed by atoms with Crippen molar-refractivity contribution in [2.24, 2.45) is 0 Å². The Morgan fingerprint density at radius 1 is 1.05 bits per heavy atom. The van der Waals surface area contributed by atoms with Gasteiger partial charge in [-0.15, -0.1) is 0 Å². The van der Waals surface area contributed by atoms with Gasteiger partial charge in [-0.3, -0.25) is 9.59 Å². The molecule has 12 heteroatoms. The van der Waals surface area contributed by atoms with Crippen LogP contribution in [0, 0.1) is 5.82 Å². The number of aliphatic hydroxyl groups excluding tert-OH is 1. The molecule has 43 heavy (non-hydrogen) atoms. The summed E-state index contributed by atoms with van der Waals surface area (Å²) >= 11 is 5.88. The molecule has 2 fully saturated rings. The first kappa shape index (κ1) is 30.7. The van der Waals surface area contributed by atoms with Crippen LogP contribution in [0.3, 0.4) is 0 Å². The van der Waals surface area contributed by atoms with Gasteiger partial charge in [0.25, 0.3) is 11.8 Å². The first-order valence-corrected chi connectivity index (χ1v) is 14.7. The Labute approximate surface area is 254 Å². The molecule has 2 saturated heterocycles. The van der Waals surface area contributed by atoms with Crippen LogP contribution in [0.4, 0.5) is 21.6 Å². The number of carbonyl (C=O) groups is 2. The molecule has 1 atom stereocenters. The minimum absolute atomic E-state index is 0.0667. The molecule has 3 aromatic rings. The molecule has 0 radical (unpaired) electrons. The zero-order valence-corrected chi connectivity index (χ0v) is 24.6. The Morgan fingerprint density at radius 2 is 1.79 bits per heavy atom. The van der Waals surface area contributed by atoms with Crippen LogP contribution in [0.1, 0.15) is 40.5 Å². The second kappa shape index (κ2) is 14.1. The Hall–Kier alpha value is -3.77. The summed E-state index contributed by atoms with van der Waals surface area (Å²) in [5.41, 5.74) is 1.27. The summed E-state index contributed by atoms with van der Waals surface area (Å²) in [4.78, 5) is 35.2. The van der Waals surface area contributed by atoms with Crippen molar-refractivity contribution in [1.82, 2.24) is 9.88 Å². The van der Waals surface area contributed by atoms with Crippen LogP contribution in [0.15, 0.2) is 54.7 Å². The number of aromatic nitrogens is 1. The fourth-order valence-electron chi connectivity index (χ4n) is 5.21. The molecule has 0 saturated carbocycles. The molecule has 2 aromatic carbocycles. The largest absolute Gasteiger partial charge is 0.489 e. The number of halogens is 2. The Morgan fingerprint density at radius 3 is 2.49 bits per heavy atom. The molecular formula is C31H35ClFN5O5. The normalized spacial score (nSPS) is 16.9. The number of nitrogens with zero attached hydrogens (tertiary/aromatic N) is 3. The van der Waals surface area contributed by atoms with Crippen molar-refractivity contribution in [2.45, 2.75) is 32.0 Å². The molecule has 3 heterocycles. The summed E-state index contributed by atoms with van der Waals surface area (Å²) in [5, 5.41) is 15.5. The van der Waals surface area contributed by atoms with E-state index in [-0.39, 0.29) is 23.2 Å². The third-order valence-corrected chi connectivity index (χ3v) is 7.60. The number of piperidine rings is 1. The zero-order valence-electron chi connectivity index (χ0n) is 23.9. The van der Waals surface area contributed by atoms with Crippen molar-refractivity contribution in [3.63, 3.8) is 0 Å². The van der Waals surface area contributed by atoms with Crippen molar-refractivity contribution in [3.8, 4) is 5.75 Å². The first-order chi connectivity index (χ1) is 20.7. The highest BCUT2D eigenvalue weighted by atomic mass is 35.5. The highest BCUT2D eigenvalue weighted by Gasteiger charge is 2.25. The topological polar surface area (TPSA) is 116 Å². The van der Waals surface area contributed by atoms with Gasteiger partial charge in [-0.1, -0.05) is 11.6 Å². The van der Waals surface area contributed by atoms with E-state index in [4.69, 9.17) is 21.1 Å². The fourth-order valence-corrected chi connectivity index (χ4v) is 5.33. The Balaban J connectivity index is 1.37. The molecule has 2 aliphatic rings. The van der Waals surface area contributed by atoms with Crippen LogP contribution in [-0.2, 0) is 4.74 Å². The maximum atomic E-state index is 14.2. The van der Waals surface area contributed by atoms with Crippen LogP contribution in [0.2, 0.25) is 5.02 Å². The number of anilines is 3. The number of β-amino-alcohol motifs (C(OH)–C–C–N with tert-alkyl or cyclic N) is 1. The maximum Gasteiger partial charge on any atom is 0.259 e. The number of nitrogens with one attached hydrogen (secondary N) is 2. The molecule has 228 valence electrons. The maximum absolute atomic E-state index is 14.2. The van der Waals surface area contributed by atoms with Gasteiger partial charge in [-0.2, -0.15) is 0 Å². The van der Waals surface area contributed by atoms with E-state index in [0.29, 0.717) is 36.1 Å². The summed E-state index contributed by atoms with van der Waals surface area (Å²) in [6.45, 7) is 6.60. The van der Waals surface area contributed by atoms with Crippen molar-refractivity contribution < 1.29 is 28.6 Å². The van der Waals surface area contributed by atoms with Crippen molar-refractivity contribution >= 4 is 40.6 Å². The lowest BCUT2D eigenvalue weighted by Crippen LogP contribution is -2.41. The SMILES string of the molecule is C[C@H](O)CN1CCC(Oc2cc(N3CCOCC3)ccc2C(=O)Nc2ccc(F)cc2C(=O)Nc2ccc(Cl)cn2)CC1. The van der Waals surface area contributed by atoms with E-state index in [1.54, 1.807) is 19.1 Å². The highest BCUT2D eigenvalue weighted by molar-refractivity contribution is 6.30. The number of morpholine rings is 1. The van der Waals surface area contributed by atoms with Crippen LogP contribution in [0.5, 0.6) is 5.75 Å². The van der Waals surface area contributed by atoms with Gasteiger partial charge < -0.3 is 35.0 Å². The summed E-state index contributed by atoms with van der Waals surface area (Å²) in [6, 6.07) is 12.1. The third kappa shape index (κ3) is 8.20. The molecular weight excluding hydrogens is 577 g/mol. The molecule has 0 unspecified atom stereocenters. The summed E-state index contributed by atoms with van der Waals surface area (Å²) < 4.78 is 26.2. The molecule has 10 nitrogen and oxygen atoms in total. The van der Waals surface area contributed by atoms with Crippen LogP contribution in [-0.4, -0.2) is 85.0 Å². The van der Waals surface area contributed by atoms with Gasteiger partial charge in [-0.25, -0.2) is 9.37 Å². The van der Waals surface area contributed by atoms with E-state index < -0.39 is 23.7 Å². The zero-order chi connectivity index (χ0) is 30.3. The number of benzene rings is 2. The fraction of sp³-hybridized carbons (Fsp3) is 0.387. The predicted molar refractivity (Wildman–Crippen MR) is 163 cm³/mol. The number of hydrogen-bond donors (Lipinski definition) is 3. The minimum atomic E-state index is -0.646. The van der Waals surface area contributed by atoms with E-state index in [2.05, 4.69) is 25.4 Å². The van der Waals surface area contributed by atoms with Crippen LogP contribution in [0.25, 0.3) is 0 Å². The number of hydrogen-bond acceptors (Lipinski definition) is 8. The second-order valence-electron chi connectivity index (χ2n) is 10.7. The van der Waals surface area contributed by atoms with Gasteiger partial charge in [0, 0.05) is 50.7 Å². The van der Waals surface area contributed by atoms with Gasteiger partial charge in [-0.05, 0) is 62.2 Å². The van der Waals surface area contributed by atoms with E-state index >= 15 is 0 Å². The molecule has 0 spiro atoms. The molecule has 0 aliphatic carbocycles. The van der Waals surface area contributed by atoms with Crippen LogP contribution < -0.4 is 20.3 Å². The van der Waals surface area contributed by atoms with E-state index in [1.807, 2.05) is 12.1 Å². The summed E-state index contributed by atoms with van der Waals surface area (Å²) in [5.74, 6) is -1.13. The number of rotatable bonds is 9. The van der Waals surface area contributed by atoms with E-state index in [1.165, 1.54) is 24.4 Å². The van der Waals surface area contributed by atoms with Crippen molar-refractivity contribution in [2.75, 3.05) is 61.5 Å². The predicted octanol–water partition coefficient (Wildman–Crippen LogP) is 4.44. The third-order valence-electron chi connectivity index (χ3n) is 7.38. The average Bonchev–Trinajstić information content (AvgIpc) is 3.00. The number of amides is 2. The Bertz CT molecular complexity index is 1430. The lowest BCUT2D eigenvalue weighted by Gasteiger charge is -2.33. The number of ether oxygens (including phenoxy) is 2. The van der Waals surface area contributed by atoms with E-state index in [9.17, 15) is 19.1 Å². The summed E-state index contributed by atoms with van der Waals surface area (Å²) in [6.07, 6.45) is 2.35. The quantitative estimate of drug-likeness (QED) is 0.325. The number of likely N-dealkylation sites (tertiary alicyclic amines) is 1. The van der Waals surface area contributed by atoms with Gasteiger partial charge >= 0.3 is 0 Å². The monoisotopic (exact) mass is 611 g/mol. The van der Waals surface area contributed by atoms with Crippen molar-refractivity contribution in [3.05, 3.63) is 76.7 Å². The molecule has 2 amide bonds. The molecule has 0 bridgehead atoms. The molecule has 3 N–H and O–H groups in total. The van der Waals surface area contributed by atoms with Gasteiger partial charge in [0.2, 0.25) is 0 Å². The van der Waals surface area contributed by atoms with E-state index in [0.717, 1.165) is 50.8 Å². The summed E-state index contributed by atoms with van der Waals surface area (Å²) in [7, 11) is 0. The smallest absolute Gasteiger partial charge is 0.259 e. The number of carbonyl (C=O) groups excluding carboxylic acids is 2. The minimum Gasteiger partial charge on any atom is -0.489 e. The second-order valence-corrected chi connectivity index (χ2v) is 11.1. The van der Waals surface area contributed by atoms with Crippen LogP contribution >= 0.6 is 11.6 Å². The molecule has 2 aliphatic heterocycles. The standard InChI is InChI=1S/C31H35ClFN5O5/c1-20(39)19-37-10-8-24(9-11-37)43-28-17-23(38-12-14-42-15-13-38)4-5-25(28)30(40)35-27-6-3-22(33)16-26(27)31(41)36-29-7-2-21(32)18-34-29/h2-7,16-18,20,24,39H,8-15,19H2,1H3,(H,35,40)(H,34,36,41)/t20-/m0/s1. The first-order valence-electron chi connectivity index (χ1n) is 14.3.